The standard InChI is InChI=1S/C61H110NO8P/c1-6-8-10-12-14-16-18-20-22-24-26-27-28-29-30-31-32-33-34-35-36-38-40-42-44-46-48-50-52-54-61(64)70-59(58-69-71(65,66)68-56-55-62(3,4)5)57-67-60(63)53-51-49-47-45-43-41-39-37-25-23-21-19-17-15-13-11-9-7-2/h8,10,14,16,20,22,26-27,29-30,32-33,59H,6-7,9,11-13,15,17-19,21,23-25,28,31,34-58H2,1-5H3/p+1/b10-8-,16-14-,22-20-,27-26-,30-29-,33-32-. The Labute approximate surface area is 438 Å². The zero-order valence-electron chi connectivity index (χ0n) is 46.7. The van der Waals surface area contributed by atoms with E-state index in [9.17, 15) is 19.0 Å². The van der Waals surface area contributed by atoms with Crippen LogP contribution in [0.1, 0.15) is 251 Å². The quantitative estimate of drug-likeness (QED) is 0.0211. The number of phosphoric acid groups is 1. The molecule has 0 aromatic carbocycles. The molecule has 0 rings (SSSR count). The van der Waals surface area contributed by atoms with Gasteiger partial charge in [-0.1, -0.05) is 247 Å². The number of quaternary nitrogens is 1. The molecule has 71 heavy (non-hydrogen) atoms. The van der Waals surface area contributed by atoms with Gasteiger partial charge in [-0.05, 0) is 64.2 Å². The van der Waals surface area contributed by atoms with Crippen molar-refractivity contribution in [1.29, 1.82) is 0 Å². The van der Waals surface area contributed by atoms with Crippen LogP contribution in [0.2, 0.25) is 0 Å². The van der Waals surface area contributed by atoms with Crippen molar-refractivity contribution >= 4 is 19.8 Å². The van der Waals surface area contributed by atoms with E-state index in [-0.39, 0.29) is 32.0 Å². The minimum Gasteiger partial charge on any atom is -0.462 e. The van der Waals surface area contributed by atoms with Gasteiger partial charge in [0, 0.05) is 12.8 Å². The van der Waals surface area contributed by atoms with Gasteiger partial charge in [0.15, 0.2) is 6.10 Å². The Morgan fingerprint density at radius 2 is 0.803 bits per heavy atom. The lowest BCUT2D eigenvalue weighted by atomic mass is 10.0. The van der Waals surface area contributed by atoms with Crippen LogP contribution < -0.4 is 0 Å². The second-order valence-electron chi connectivity index (χ2n) is 20.7. The first kappa shape index (κ1) is 68.5. The van der Waals surface area contributed by atoms with Crippen LogP contribution in [-0.4, -0.2) is 74.9 Å². The van der Waals surface area contributed by atoms with Gasteiger partial charge in [0.1, 0.15) is 19.8 Å². The maximum atomic E-state index is 12.8. The summed E-state index contributed by atoms with van der Waals surface area (Å²) in [5.74, 6) is -0.796. The summed E-state index contributed by atoms with van der Waals surface area (Å²) in [6.45, 7) is 4.34. The van der Waals surface area contributed by atoms with Crippen molar-refractivity contribution in [3.8, 4) is 0 Å². The van der Waals surface area contributed by atoms with E-state index in [1.54, 1.807) is 0 Å². The minimum atomic E-state index is -4.39. The third kappa shape index (κ3) is 56.6. The molecular formula is C61H111NO8P+. The maximum absolute atomic E-state index is 12.8. The first-order chi connectivity index (χ1) is 34.5. The molecule has 10 heteroatoms. The fraction of sp³-hybridized carbons (Fsp3) is 0.770. The number of rotatable bonds is 53. The van der Waals surface area contributed by atoms with Crippen LogP contribution in [0.5, 0.6) is 0 Å². The van der Waals surface area contributed by atoms with Crippen molar-refractivity contribution in [2.24, 2.45) is 0 Å². The highest BCUT2D eigenvalue weighted by Crippen LogP contribution is 2.43. The van der Waals surface area contributed by atoms with E-state index in [4.69, 9.17) is 18.5 Å². The minimum absolute atomic E-state index is 0.0296. The number of nitrogens with zero attached hydrogens (tertiary/aromatic N) is 1. The molecule has 0 aromatic heterocycles. The van der Waals surface area contributed by atoms with Crippen molar-refractivity contribution in [2.75, 3.05) is 47.5 Å². The lowest BCUT2D eigenvalue weighted by Gasteiger charge is -2.24. The molecule has 2 atom stereocenters. The van der Waals surface area contributed by atoms with Crippen molar-refractivity contribution in [3.63, 3.8) is 0 Å². The van der Waals surface area contributed by atoms with E-state index in [0.29, 0.717) is 17.4 Å². The van der Waals surface area contributed by atoms with Crippen LogP contribution in [0.3, 0.4) is 0 Å². The molecule has 0 aliphatic rings. The van der Waals surface area contributed by atoms with E-state index in [1.165, 1.54) is 135 Å². The molecule has 0 spiro atoms. The summed E-state index contributed by atoms with van der Waals surface area (Å²) >= 11 is 0. The molecule has 412 valence electrons. The molecule has 0 heterocycles. The number of allylic oxidation sites excluding steroid dienone is 12. The molecule has 0 radical (unpaired) electrons. The molecule has 0 saturated carbocycles. The predicted molar refractivity (Wildman–Crippen MR) is 302 cm³/mol. The Morgan fingerprint density at radius 1 is 0.451 bits per heavy atom. The number of carbonyl (C=O) groups is 2. The average molecular weight is 1020 g/mol. The topological polar surface area (TPSA) is 108 Å². The van der Waals surface area contributed by atoms with Crippen molar-refractivity contribution in [1.82, 2.24) is 0 Å². The van der Waals surface area contributed by atoms with E-state index < -0.39 is 26.5 Å². The Kier molecular flexibility index (Phi) is 50.4. The number of esters is 2. The monoisotopic (exact) mass is 1020 g/mol. The molecule has 9 nitrogen and oxygen atoms in total. The maximum Gasteiger partial charge on any atom is 0.472 e. The molecule has 2 unspecified atom stereocenters. The SMILES string of the molecule is CC/C=C\C/C=C\C/C=C\C/C=C\C/C=C\C/C=C\CCCCCCCCCCCCC(=O)OC(COC(=O)CCCCCCCCCCCCCCCCCCCC)COP(=O)(O)OCC[N+](C)(C)C. The Hall–Kier alpha value is -2.55. The van der Waals surface area contributed by atoms with Crippen LogP contribution in [-0.2, 0) is 32.7 Å². The fourth-order valence-corrected chi connectivity index (χ4v) is 8.76. The van der Waals surface area contributed by atoms with Gasteiger partial charge in [0.25, 0.3) is 0 Å². The fourth-order valence-electron chi connectivity index (χ4n) is 8.02. The summed E-state index contributed by atoms with van der Waals surface area (Å²) in [5.41, 5.74) is 0. The number of carbonyl (C=O) groups excluding carboxylic acids is 2. The summed E-state index contributed by atoms with van der Waals surface area (Å²) < 4.78 is 34.6. The predicted octanol–water partition coefficient (Wildman–Crippen LogP) is 18.1. The van der Waals surface area contributed by atoms with Gasteiger partial charge < -0.3 is 18.9 Å². The average Bonchev–Trinajstić information content (AvgIpc) is 3.33. The van der Waals surface area contributed by atoms with Crippen LogP contribution in [0.25, 0.3) is 0 Å². The van der Waals surface area contributed by atoms with E-state index in [1.807, 2.05) is 21.1 Å². The summed E-state index contributed by atoms with van der Waals surface area (Å²) in [4.78, 5) is 35.7. The van der Waals surface area contributed by atoms with Gasteiger partial charge in [0.2, 0.25) is 0 Å². The molecule has 0 amide bonds. The van der Waals surface area contributed by atoms with Gasteiger partial charge in [-0.25, -0.2) is 4.57 Å². The Morgan fingerprint density at radius 3 is 1.20 bits per heavy atom. The highest BCUT2D eigenvalue weighted by atomic mass is 31.2. The van der Waals surface area contributed by atoms with Crippen molar-refractivity contribution < 1.29 is 42.1 Å². The van der Waals surface area contributed by atoms with Gasteiger partial charge in [-0.3, -0.25) is 18.6 Å². The third-order valence-electron chi connectivity index (χ3n) is 12.5. The molecule has 0 aliphatic heterocycles. The van der Waals surface area contributed by atoms with Crippen LogP contribution in [0, 0.1) is 0 Å². The number of phosphoric ester groups is 1. The second kappa shape index (κ2) is 52.3. The second-order valence-corrected chi connectivity index (χ2v) is 22.1. The highest BCUT2D eigenvalue weighted by Gasteiger charge is 2.27. The summed E-state index contributed by atoms with van der Waals surface area (Å²) in [7, 11) is 1.48. The van der Waals surface area contributed by atoms with Gasteiger partial charge in [-0.2, -0.15) is 0 Å². The zero-order chi connectivity index (χ0) is 52.0. The van der Waals surface area contributed by atoms with E-state index in [2.05, 4.69) is 86.8 Å². The van der Waals surface area contributed by atoms with E-state index in [0.717, 1.165) is 83.5 Å². The van der Waals surface area contributed by atoms with Crippen molar-refractivity contribution in [2.45, 2.75) is 258 Å². The molecular weight excluding hydrogens is 906 g/mol. The molecule has 0 fully saturated rings. The normalized spacial score (nSPS) is 13.8. The lowest BCUT2D eigenvalue weighted by Crippen LogP contribution is -2.37. The third-order valence-corrected chi connectivity index (χ3v) is 13.5. The molecule has 0 bridgehead atoms. The van der Waals surface area contributed by atoms with Gasteiger partial charge in [0.05, 0.1) is 27.7 Å². The van der Waals surface area contributed by atoms with Crippen LogP contribution >= 0.6 is 7.82 Å². The van der Waals surface area contributed by atoms with Gasteiger partial charge >= 0.3 is 19.8 Å². The number of unbranched alkanes of at least 4 members (excludes halogenated alkanes) is 27. The first-order valence-electron chi connectivity index (χ1n) is 29.2. The smallest absolute Gasteiger partial charge is 0.462 e. The summed E-state index contributed by atoms with van der Waals surface area (Å²) in [6, 6.07) is 0. The Bertz CT molecular complexity index is 1430. The molecule has 0 aliphatic carbocycles. The van der Waals surface area contributed by atoms with E-state index >= 15 is 0 Å². The summed E-state index contributed by atoms with van der Waals surface area (Å²) in [5, 5.41) is 0. The van der Waals surface area contributed by atoms with Crippen LogP contribution in [0.4, 0.5) is 0 Å². The molecule has 0 aromatic rings. The molecule has 0 saturated heterocycles. The lowest BCUT2D eigenvalue weighted by molar-refractivity contribution is -0.870. The Balaban J connectivity index is 4.16. The first-order valence-corrected chi connectivity index (χ1v) is 30.7. The zero-order valence-corrected chi connectivity index (χ0v) is 47.6. The number of hydrogen-bond donors (Lipinski definition) is 1. The molecule has 1 N–H and O–H groups in total. The van der Waals surface area contributed by atoms with Gasteiger partial charge in [-0.15, -0.1) is 0 Å². The summed E-state index contributed by atoms with van der Waals surface area (Å²) in [6.07, 6.45) is 68.2. The largest absolute Gasteiger partial charge is 0.472 e. The number of hydrogen-bond acceptors (Lipinski definition) is 7. The number of ether oxygens (including phenoxy) is 2. The van der Waals surface area contributed by atoms with Crippen LogP contribution in [0.15, 0.2) is 72.9 Å². The van der Waals surface area contributed by atoms with Crippen molar-refractivity contribution in [3.05, 3.63) is 72.9 Å². The number of likely N-dealkylation sites (N-methyl/N-ethyl adjacent to an activating group) is 1. The highest BCUT2D eigenvalue weighted by molar-refractivity contribution is 7.47.